The molecule has 7 heteroatoms. The molecule has 0 spiro atoms. The van der Waals surface area contributed by atoms with Gasteiger partial charge in [0.05, 0.1) is 0 Å². The first-order valence-corrected chi connectivity index (χ1v) is 9.41. The van der Waals surface area contributed by atoms with Gasteiger partial charge >= 0.3 is 0 Å². The second kappa shape index (κ2) is 8.25. The summed E-state index contributed by atoms with van der Waals surface area (Å²) in [6.07, 6.45) is 1.88. The predicted molar refractivity (Wildman–Crippen MR) is 104 cm³/mol. The molecule has 0 radical (unpaired) electrons. The molecule has 26 heavy (non-hydrogen) atoms. The standard InChI is InChI=1S/C19H22N4O2S/c1-3-8-22-9-11-23(12-10-22)18(25)16-13-26-19(20-16)21-17(24)15-7-5-4-6-14(15)2/h3-7,13H,1,8-12H2,2H3,(H,20,21,24). The number of hydrogen-bond acceptors (Lipinski definition) is 5. The van der Waals surface area contributed by atoms with Gasteiger partial charge in [0.1, 0.15) is 5.69 Å². The van der Waals surface area contributed by atoms with Crippen LogP contribution in [0.4, 0.5) is 5.13 Å². The topological polar surface area (TPSA) is 65.5 Å². The van der Waals surface area contributed by atoms with Crippen molar-refractivity contribution in [3.8, 4) is 0 Å². The third kappa shape index (κ3) is 4.17. The molecule has 0 atom stereocenters. The number of carbonyl (C=O) groups is 2. The quantitative estimate of drug-likeness (QED) is 0.822. The highest BCUT2D eigenvalue weighted by Crippen LogP contribution is 2.19. The molecule has 1 saturated heterocycles. The van der Waals surface area contributed by atoms with Crippen LogP contribution in [0.15, 0.2) is 42.3 Å². The highest BCUT2D eigenvalue weighted by atomic mass is 32.1. The van der Waals surface area contributed by atoms with Gasteiger partial charge in [-0.05, 0) is 18.6 Å². The van der Waals surface area contributed by atoms with Crippen molar-refractivity contribution in [2.45, 2.75) is 6.92 Å². The molecular weight excluding hydrogens is 348 g/mol. The lowest BCUT2D eigenvalue weighted by atomic mass is 10.1. The summed E-state index contributed by atoms with van der Waals surface area (Å²) >= 11 is 1.27. The van der Waals surface area contributed by atoms with E-state index in [2.05, 4.69) is 21.8 Å². The Labute approximate surface area is 157 Å². The Bertz CT molecular complexity index is 809. The van der Waals surface area contributed by atoms with Gasteiger partial charge in [0.2, 0.25) is 0 Å². The first-order chi connectivity index (χ1) is 12.6. The van der Waals surface area contributed by atoms with Crippen molar-refractivity contribution in [2.24, 2.45) is 0 Å². The number of nitrogens with one attached hydrogen (secondary N) is 1. The van der Waals surface area contributed by atoms with Crippen LogP contribution < -0.4 is 5.32 Å². The SMILES string of the molecule is C=CCN1CCN(C(=O)c2csc(NC(=O)c3ccccc3C)n2)CC1. The van der Waals surface area contributed by atoms with E-state index >= 15 is 0 Å². The van der Waals surface area contributed by atoms with Gasteiger partial charge in [-0.3, -0.25) is 19.8 Å². The minimum atomic E-state index is -0.213. The summed E-state index contributed by atoms with van der Waals surface area (Å²) in [6.45, 7) is 9.49. The lowest BCUT2D eigenvalue weighted by Gasteiger charge is -2.33. The van der Waals surface area contributed by atoms with E-state index < -0.39 is 0 Å². The number of piperazine rings is 1. The Morgan fingerprint density at radius 3 is 2.69 bits per heavy atom. The van der Waals surface area contributed by atoms with Gasteiger partial charge in [-0.1, -0.05) is 24.3 Å². The third-order valence-corrected chi connectivity index (χ3v) is 5.14. The fourth-order valence-electron chi connectivity index (χ4n) is 2.90. The van der Waals surface area contributed by atoms with Crippen molar-refractivity contribution >= 4 is 28.3 Å². The van der Waals surface area contributed by atoms with E-state index in [-0.39, 0.29) is 11.8 Å². The predicted octanol–water partition coefficient (Wildman–Crippen LogP) is 2.65. The molecule has 0 aliphatic carbocycles. The maximum absolute atomic E-state index is 12.6. The molecule has 1 fully saturated rings. The fourth-order valence-corrected chi connectivity index (χ4v) is 3.58. The Morgan fingerprint density at radius 2 is 2.00 bits per heavy atom. The van der Waals surface area contributed by atoms with Gasteiger partial charge in [0, 0.05) is 43.7 Å². The number of hydrogen-bond donors (Lipinski definition) is 1. The van der Waals surface area contributed by atoms with E-state index in [1.54, 1.807) is 11.4 Å². The molecule has 6 nitrogen and oxygen atoms in total. The Kier molecular flexibility index (Phi) is 5.80. The van der Waals surface area contributed by atoms with Crippen LogP contribution in [0.3, 0.4) is 0 Å². The zero-order valence-electron chi connectivity index (χ0n) is 14.8. The molecule has 1 aromatic carbocycles. The Morgan fingerprint density at radius 1 is 1.27 bits per heavy atom. The van der Waals surface area contributed by atoms with Crippen LogP contribution in [0, 0.1) is 6.92 Å². The number of thiazole rings is 1. The Balaban J connectivity index is 1.61. The molecular formula is C19H22N4O2S. The number of aromatic nitrogens is 1. The summed E-state index contributed by atoms with van der Waals surface area (Å²) in [6, 6.07) is 7.37. The van der Waals surface area contributed by atoms with Crippen LogP contribution in [0.25, 0.3) is 0 Å². The van der Waals surface area contributed by atoms with Crippen LogP contribution in [-0.4, -0.2) is 59.3 Å². The molecule has 136 valence electrons. The monoisotopic (exact) mass is 370 g/mol. The number of benzene rings is 1. The molecule has 1 aromatic heterocycles. The molecule has 1 aliphatic heterocycles. The van der Waals surface area contributed by atoms with Crippen molar-refractivity contribution in [3.63, 3.8) is 0 Å². The van der Waals surface area contributed by atoms with Crippen molar-refractivity contribution < 1.29 is 9.59 Å². The highest BCUT2D eigenvalue weighted by Gasteiger charge is 2.23. The summed E-state index contributed by atoms with van der Waals surface area (Å²) in [4.78, 5) is 33.3. The van der Waals surface area contributed by atoms with E-state index in [0.717, 1.165) is 25.2 Å². The van der Waals surface area contributed by atoms with E-state index in [1.165, 1.54) is 11.3 Å². The van der Waals surface area contributed by atoms with Gasteiger partial charge in [0.15, 0.2) is 5.13 Å². The Hall–Kier alpha value is -2.51. The zero-order chi connectivity index (χ0) is 18.5. The second-order valence-electron chi connectivity index (χ2n) is 6.19. The molecule has 2 aromatic rings. The summed E-state index contributed by atoms with van der Waals surface area (Å²) in [5, 5.41) is 4.92. The normalized spacial score (nSPS) is 14.9. The van der Waals surface area contributed by atoms with Gasteiger partial charge in [-0.25, -0.2) is 4.98 Å². The summed E-state index contributed by atoms with van der Waals surface area (Å²) in [5.74, 6) is -0.301. The molecule has 0 unspecified atom stereocenters. The maximum Gasteiger partial charge on any atom is 0.273 e. The molecule has 2 amide bonds. The summed E-state index contributed by atoms with van der Waals surface area (Å²) < 4.78 is 0. The summed E-state index contributed by atoms with van der Waals surface area (Å²) in [7, 11) is 0. The minimum Gasteiger partial charge on any atom is -0.335 e. The van der Waals surface area contributed by atoms with E-state index in [4.69, 9.17) is 0 Å². The number of amides is 2. The zero-order valence-corrected chi connectivity index (χ0v) is 15.6. The molecule has 3 rings (SSSR count). The average Bonchev–Trinajstić information content (AvgIpc) is 3.11. The van der Waals surface area contributed by atoms with E-state index in [0.29, 0.717) is 29.5 Å². The van der Waals surface area contributed by atoms with Crippen LogP contribution in [0.1, 0.15) is 26.4 Å². The van der Waals surface area contributed by atoms with Crippen LogP contribution >= 0.6 is 11.3 Å². The third-order valence-electron chi connectivity index (χ3n) is 4.38. The van der Waals surface area contributed by atoms with E-state index in [9.17, 15) is 9.59 Å². The largest absolute Gasteiger partial charge is 0.335 e. The lowest BCUT2D eigenvalue weighted by molar-refractivity contribution is 0.0645. The van der Waals surface area contributed by atoms with Crippen molar-refractivity contribution in [1.82, 2.24) is 14.8 Å². The van der Waals surface area contributed by atoms with Gasteiger partial charge < -0.3 is 4.90 Å². The molecule has 0 saturated carbocycles. The lowest BCUT2D eigenvalue weighted by Crippen LogP contribution is -2.48. The van der Waals surface area contributed by atoms with Gasteiger partial charge in [-0.2, -0.15) is 0 Å². The fraction of sp³-hybridized carbons (Fsp3) is 0.316. The molecule has 1 aliphatic rings. The smallest absolute Gasteiger partial charge is 0.273 e. The van der Waals surface area contributed by atoms with Crippen LogP contribution in [0.2, 0.25) is 0 Å². The summed E-state index contributed by atoms with van der Waals surface area (Å²) in [5.41, 5.74) is 1.89. The van der Waals surface area contributed by atoms with Gasteiger partial charge in [-0.15, -0.1) is 17.9 Å². The highest BCUT2D eigenvalue weighted by molar-refractivity contribution is 7.14. The average molecular weight is 370 g/mol. The molecule has 2 heterocycles. The van der Waals surface area contributed by atoms with Crippen molar-refractivity contribution in [2.75, 3.05) is 38.0 Å². The minimum absolute atomic E-state index is 0.0871. The van der Waals surface area contributed by atoms with Crippen LogP contribution in [-0.2, 0) is 0 Å². The molecule has 0 bridgehead atoms. The number of nitrogens with zero attached hydrogens (tertiary/aromatic N) is 3. The first kappa shape index (κ1) is 18.3. The number of aryl methyl sites for hydroxylation is 1. The second-order valence-corrected chi connectivity index (χ2v) is 7.05. The van der Waals surface area contributed by atoms with Crippen molar-refractivity contribution in [3.05, 3.63) is 59.1 Å². The maximum atomic E-state index is 12.6. The number of anilines is 1. The first-order valence-electron chi connectivity index (χ1n) is 8.53. The number of carbonyl (C=O) groups excluding carboxylic acids is 2. The van der Waals surface area contributed by atoms with Crippen LogP contribution in [0.5, 0.6) is 0 Å². The van der Waals surface area contributed by atoms with Crippen molar-refractivity contribution in [1.29, 1.82) is 0 Å². The van der Waals surface area contributed by atoms with Gasteiger partial charge in [0.25, 0.3) is 11.8 Å². The molecule has 1 N–H and O–H groups in total. The van der Waals surface area contributed by atoms with E-state index in [1.807, 2.05) is 36.1 Å². The number of rotatable bonds is 5.